The Hall–Kier alpha value is -7.59. The SMILES string of the molecule is c1ccc(-c2ccc(N(c3cc4c(cc3-c3ccccc3)C(c3ccccc3)(c3ccccc3)c3ccccc3-4)c3nccc4c3sc3cc5ccccc5cc34)cc2)cc1. The van der Waals surface area contributed by atoms with Crippen LogP contribution in [0.3, 0.4) is 0 Å². The van der Waals surface area contributed by atoms with Gasteiger partial charge in [-0.1, -0.05) is 182 Å². The number of benzene rings is 9. The molecule has 0 amide bonds. The first kappa shape index (κ1) is 35.4. The van der Waals surface area contributed by atoms with Crippen LogP contribution in [0.1, 0.15) is 22.3 Å². The van der Waals surface area contributed by atoms with Gasteiger partial charge >= 0.3 is 0 Å². The first-order valence-corrected chi connectivity index (χ1v) is 21.7. The summed E-state index contributed by atoms with van der Waals surface area (Å²) in [6, 6.07) is 82.2. The van der Waals surface area contributed by atoms with Crippen molar-refractivity contribution in [3.63, 3.8) is 0 Å². The van der Waals surface area contributed by atoms with Gasteiger partial charge in [0.05, 0.1) is 15.8 Å². The molecule has 0 aliphatic heterocycles. The molecule has 12 rings (SSSR count). The predicted molar refractivity (Wildman–Crippen MR) is 257 cm³/mol. The van der Waals surface area contributed by atoms with Crippen molar-refractivity contribution in [2.24, 2.45) is 0 Å². The zero-order chi connectivity index (χ0) is 40.3. The fraction of sp³-hybridized carbons (Fsp3) is 0.0172. The third kappa shape index (κ3) is 5.59. The van der Waals surface area contributed by atoms with E-state index in [0.717, 1.165) is 33.0 Å². The zero-order valence-electron chi connectivity index (χ0n) is 33.2. The Morgan fingerprint density at radius 2 is 0.984 bits per heavy atom. The van der Waals surface area contributed by atoms with Gasteiger partial charge in [-0.3, -0.25) is 4.90 Å². The summed E-state index contributed by atoms with van der Waals surface area (Å²) in [7, 11) is 0. The number of hydrogen-bond acceptors (Lipinski definition) is 3. The van der Waals surface area contributed by atoms with Crippen LogP contribution in [-0.2, 0) is 5.41 Å². The zero-order valence-corrected chi connectivity index (χ0v) is 34.1. The highest BCUT2D eigenvalue weighted by Gasteiger charge is 2.46. The summed E-state index contributed by atoms with van der Waals surface area (Å²) in [5, 5.41) is 4.95. The Bertz CT molecular complexity index is 3350. The molecule has 0 bridgehead atoms. The summed E-state index contributed by atoms with van der Waals surface area (Å²) in [6.07, 6.45) is 1.99. The van der Waals surface area contributed by atoms with Crippen LogP contribution in [-0.4, -0.2) is 4.98 Å². The van der Waals surface area contributed by atoms with Crippen molar-refractivity contribution in [3.8, 4) is 33.4 Å². The molecule has 0 saturated carbocycles. The van der Waals surface area contributed by atoms with Crippen molar-refractivity contribution in [2.75, 3.05) is 4.90 Å². The van der Waals surface area contributed by atoms with Crippen LogP contribution in [0.25, 0.3) is 64.3 Å². The van der Waals surface area contributed by atoms with E-state index in [1.165, 1.54) is 70.8 Å². The Labute approximate surface area is 359 Å². The maximum absolute atomic E-state index is 5.34. The molecule has 61 heavy (non-hydrogen) atoms. The summed E-state index contributed by atoms with van der Waals surface area (Å²) in [4.78, 5) is 7.76. The van der Waals surface area contributed by atoms with E-state index in [0.29, 0.717) is 0 Å². The van der Waals surface area contributed by atoms with Crippen LogP contribution in [0.2, 0.25) is 0 Å². The smallest absolute Gasteiger partial charge is 0.155 e. The van der Waals surface area contributed by atoms with Crippen LogP contribution >= 0.6 is 11.3 Å². The lowest BCUT2D eigenvalue weighted by molar-refractivity contribution is 0.769. The van der Waals surface area contributed by atoms with Crippen molar-refractivity contribution in [2.45, 2.75) is 5.41 Å². The monoisotopic (exact) mass is 794 g/mol. The van der Waals surface area contributed by atoms with Gasteiger partial charge in [0.15, 0.2) is 5.82 Å². The van der Waals surface area contributed by atoms with Crippen molar-refractivity contribution < 1.29 is 0 Å². The summed E-state index contributed by atoms with van der Waals surface area (Å²) >= 11 is 1.83. The molecule has 0 atom stereocenters. The molecule has 286 valence electrons. The fourth-order valence-corrected chi connectivity index (χ4v) is 11.1. The number of nitrogens with zero attached hydrogens (tertiary/aromatic N) is 2. The minimum Gasteiger partial charge on any atom is -0.293 e. The molecule has 0 N–H and O–H groups in total. The van der Waals surface area contributed by atoms with E-state index >= 15 is 0 Å². The van der Waals surface area contributed by atoms with Gasteiger partial charge in [0.25, 0.3) is 0 Å². The van der Waals surface area contributed by atoms with Crippen LogP contribution in [0.5, 0.6) is 0 Å². The minimum atomic E-state index is -0.537. The van der Waals surface area contributed by atoms with Crippen LogP contribution < -0.4 is 4.90 Å². The topological polar surface area (TPSA) is 16.1 Å². The second kappa shape index (κ2) is 14.3. The summed E-state index contributed by atoms with van der Waals surface area (Å²) in [5.41, 5.74) is 13.7. The van der Waals surface area contributed by atoms with Gasteiger partial charge in [0.2, 0.25) is 0 Å². The molecule has 1 aliphatic carbocycles. The largest absolute Gasteiger partial charge is 0.293 e. The molecule has 9 aromatic carbocycles. The summed E-state index contributed by atoms with van der Waals surface area (Å²) in [5.74, 6) is 0.913. The van der Waals surface area contributed by atoms with E-state index in [1.807, 2.05) is 17.5 Å². The quantitative estimate of drug-likeness (QED) is 0.160. The first-order valence-electron chi connectivity index (χ1n) is 20.9. The van der Waals surface area contributed by atoms with Gasteiger partial charge in [-0.05, 0) is 103 Å². The predicted octanol–water partition coefficient (Wildman–Crippen LogP) is 15.8. The molecular weight excluding hydrogens is 757 g/mol. The maximum Gasteiger partial charge on any atom is 0.155 e. The van der Waals surface area contributed by atoms with Crippen molar-refractivity contribution in [1.82, 2.24) is 4.98 Å². The van der Waals surface area contributed by atoms with Gasteiger partial charge in [-0.2, -0.15) is 0 Å². The van der Waals surface area contributed by atoms with Gasteiger partial charge in [0, 0.05) is 32.9 Å². The van der Waals surface area contributed by atoms with Crippen LogP contribution in [0.4, 0.5) is 17.2 Å². The van der Waals surface area contributed by atoms with Gasteiger partial charge < -0.3 is 0 Å². The molecule has 0 saturated heterocycles. The maximum atomic E-state index is 5.34. The highest BCUT2D eigenvalue weighted by atomic mass is 32.1. The molecule has 2 heterocycles. The lowest BCUT2D eigenvalue weighted by Crippen LogP contribution is -2.28. The van der Waals surface area contributed by atoms with E-state index in [2.05, 4.69) is 229 Å². The molecule has 0 spiro atoms. The highest BCUT2D eigenvalue weighted by Crippen LogP contribution is 2.59. The molecule has 3 heteroatoms. The standard InChI is InChI=1S/C58H38N2S/c1-5-17-39(18-6-1)40-29-31-46(32-30-40)60(57-56-48(33-34-59-57)51-35-42-21-13-14-22-43(42)36-55(51)61-56)54-38-50-47-27-15-16-28-52(47)58(44-23-9-3-10-24-44,45-25-11-4-12-26-45)53(50)37-49(54)41-19-7-2-8-20-41/h1-38H. The van der Waals surface area contributed by atoms with E-state index in [-0.39, 0.29) is 0 Å². The Morgan fingerprint density at radius 3 is 1.67 bits per heavy atom. The fourth-order valence-electron chi connectivity index (χ4n) is 9.85. The number of anilines is 3. The number of rotatable bonds is 7. The third-order valence-electron chi connectivity index (χ3n) is 12.6. The molecular formula is C58H38N2S. The Morgan fingerprint density at radius 1 is 0.410 bits per heavy atom. The third-order valence-corrected chi connectivity index (χ3v) is 13.7. The lowest BCUT2D eigenvalue weighted by atomic mass is 9.67. The van der Waals surface area contributed by atoms with E-state index in [9.17, 15) is 0 Å². The summed E-state index contributed by atoms with van der Waals surface area (Å²) in [6.45, 7) is 0. The second-order valence-corrected chi connectivity index (χ2v) is 16.9. The first-order chi connectivity index (χ1) is 30.3. The molecule has 2 aromatic heterocycles. The van der Waals surface area contributed by atoms with Gasteiger partial charge in [-0.15, -0.1) is 11.3 Å². The number of pyridine rings is 1. The molecule has 1 aliphatic rings. The molecule has 2 nitrogen and oxygen atoms in total. The summed E-state index contributed by atoms with van der Waals surface area (Å²) < 4.78 is 2.41. The number of aromatic nitrogens is 1. The molecule has 0 radical (unpaired) electrons. The van der Waals surface area contributed by atoms with E-state index in [1.54, 1.807) is 0 Å². The molecule has 0 fully saturated rings. The van der Waals surface area contributed by atoms with Gasteiger partial charge in [0.1, 0.15) is 0 Å². The van der Waals surface area contributed by atoms with Crippen LogP contribution in [0, 0.1) is 0 Å². The molecule has 11 aromatic rings. The van der Waals surface area contributed by atoms with E-state index < -0.39 is 5.41 Å². The number of fused-ring (bicyclic) bond motifs is 7. The number of hydrogen-bond donors (Lipinski definition) is 0. The van der Waals surface area contributed by atoms with Crippen LogP contribution in [0.15, 0.2) is 231 Å². The van der Waals surface area contributed by atoms with Gasteiger partial charge in [-0.25, -0.2) is 4.98 Å². The number of thiophene rings is 1. The molecule has 0 unspecified atom stereocenters. The lowest BCUT2D eigenvalue weighted by Gasteiger charge is -2.35. The van der Waals surface area contributed by atoms with E-state index in [4.69, 9.17) is 4.98 Å². The Kier molecular flexibility index (Phi) is 8.29. The Balaban J connectivity index is 1.18. The average molecular weight is 795 g/mol. The highest BCUT2D eigenvalue weighted by molar-refractivity contribution is 7.26. The average Bonchev–Trinajstić information content (AvgIpc) is 3.85. The normalized spacial score (nSPS) is 12.7. The van der Waals surface area contributed by atoms with Crippen molar-refractivity contribution >= 4 is 59.5 Å². The minimum absolute atomic E-state index is 0.537. The van der Waals surface area contributed by atoms with Crippen molar-refractivity contribution in [3.05, 3.63) is 253 Å². The second-order valence-electron chi connectivity index (χ2n) is 15.9. The van der Waals surface area contributed by atoms with Crippen molar-refractivity contribution in [1.29, 1.82) is 0 Å².